The van der Waals surface area contributed by atoms with Gasteiger partial charge in [0, 0.05) is 18.4 Å². The molecule has 84 valence electrons. The molecule has 0 saturated carbocycles. The number of amidine groups is 1. The molecule has 3 nitrogen and oxygen atoms in total. The van der Waals surface area contributed by atoms with Gasteiger partial charge in [-0.2, -0.15) is 5.10 Å². The van der Waals surface area contributed by atoms with Crippen LogP contribution >= 0.6 is 11.8 Å². The van der Waals surface area contributed by atoms with Gasteiger partial charge in [0.1, 0.15) is 0 Å². The molecule has 0 bridgehead atoms. The summed E-state index contributed by atoms with van der Waals surface area (Å²) in [5.74, 6) is 0.879. The first-order chi connectivity index (χ1) is 7.70. The maximum atomic E-state index is 4.36. The first-order valence-electron chi connectivity index (χ1n) is 5.20. The molecule has 4 heteroatoms. The van der Waals surface area contributed by atoms with Gasteiger partial charge < -0.3 is 0 Å². The number of hydrogen-bond acceptors (Lipinski definition) is 3. The molecule has 0 unspecified atom stereocenters. The number of hydrogen-bond donors (Lipinski definition) is 1. The fourth-order valence-electron chi connectivity index (χ4n) is 1.71. The third-order valence-electron chi connectivity index (χ3n) is 2.53. The molecule has 0 saturated heterocycles. The fraction of sp³-hybridized carbons (Fsp3) is 0.333. The maximum Gasteiger partial charge on any atom is 0.177 e. The molecule has 1 aliphatic rings. The Hall–Kier alpha value is -1.29. The number of nitrogens with one attached hydrogen (secondary N) is 1. The highest BCUT2D eigenvalue weighted by molar-refractivity contribution is 8.14. The van der Waals surface area contributed by atoms with E-state index in [1.54, 1.807) is 18.8 Å². The van der Waals surface area contributed by atoms with Crippen LogP contribution in [0.15, 0.2) is 28.3 Å². The number of hydrazone groups is 1. The van der Waals surface area contributed by atoms with Crippen molar-refractivity contribution in [1.29, 1.82) is 0 Å². The molecular weight excluding hydrogens is 218 g/mol. The lowest BCUT2D eigenvalue weighted by molar-refractivity contribution is 1.03. The monoisotopic (exact) mass is 233 g/mol. The third-order valence-corrected chi connectivity index (χ3v) is 3.49. The van der Waals surface area contributed by atoms with Gasteiger partial charge in [0.25, 0.3) is 0 Å². The van der Waals surface area contributed by atoms with E-state index in [0.717, 1.165) is 16.6 Å². The van der Waals surface area contributed by atoms with E-state index < -0.39 is 0 Å². The summed E-state index contributed by atoms with van der Waals surface area (Å²) in [6.07, 6.45) is 0. The van der Waals surface area contributed by atoms with Gasteiger partial charge in [0.05, 0.1) is 5.71 Å². The van der Waals surface area contributed by atoms with Gasteiger partial charge in [0.15, 0.2) is 5.17 Å². The van der Waals surface area contributed by atoms with Crippen molar-refractivity contribution >= 4 is 22.6 Å². The van der Waals surface area contributed by atoms with Crippen LogP contribution in [0.1, 0.15) is 16.7 Å². The number of benzene rings is 1. The lowest BCUT2D eigenvalue weighted by Gasteiger charge is -2.16. The van der Waals surface area contributed by atoms with E-state index in [2.05, 4.69) is 47.6 Å². The Bertz CT molecular complexity index is 463. The van der Waals surface area contributed by atoms with E-state index in [0.29, 0.717) is 0 Å². The second-order valence-corrected chi connectivity index (χ2v) is 4.77. The zero-order chi connectivity index (χ0) is 11.5. The summed E-state index contributed by atoms with van der Waals surface area (Å²) in [6.45, 7) is 4.23. The summed E-state index contributed by atoms with van der Waals surface area (Å²) >= 11 is 1.69. The lowest BCUT2D eigenvalue weighted by atomic mass is 10.0. The predicted octanol–water partition coefficient (Wildman–Crippen LogP) is 2.33. The molecular formula is C12H15N3S. The molecule has 1 aromatic carbocycles. The van der Waals surface area contributed by atoms with Crippen molar-refractivity contribution in [1.82, 2.24) is 5.43 Å². The van der Waals surface area contributed by atoms with Gasteiger partial charge in [0.2, 0.25) is 0 Å². The van der Waals surface area contributed by atoms with Crippen LogP contribution in [0.25, 0.3) is 0 Å². The van der Waals surface area contributed by atoms with Crippen LogP contribution in [0, 0.1) is 13.8 Å². The molecule has 2 rings (SSSR count). The number of aliphatic imine (C=N–C) groups is 1. The molecule has 0 radical (unpaired) electrons. The molecule has 0 fully saturated rings. The molecule has 1 aromatic rings. The molecule has 16 heavy (non-hydrogen) atoms. The highest BCUT2D eigenvalue weighted by Gasteiger charge is 2.13. The minimum atomic E-state index is 0.879. The van der Waals surface area contributed by atoms with E-state index in [-0.39, 0.29) is 0 Å². The van der Waals surface area contributed by atoms with Gasteiger partial charge in [-0.15, -0.1) is 0 Å². The van der Waals surface area contributed by atoms with Gasteiger partial charge >= 0.3 is 0 Å². The Labute approximate surface area is 100 Å². The van der Waals surface area contributed by atoms with Crippen molar-refractivity contribution in [3.63, 3.8) is 0 Å². The van der Waals surface area contributed by atoms with Crippen molar-refractivity contribution in [3.8, 4) is 0 Å². The van der Waals surface area contributed by atoms with E-state index >= 15 is 0 Å². The van der Waals surface area contributed by atoms with Gasteiger partial charge in [-0.25, -0.2) is 0 Å². The molecule has 0 aromatic heterocycles. The molecule has 0 aliphatic carbocycles. The first kappa shape index (κ1) is 11.2. The van der Waals surface area contributed by atoms with E-state index in [9.17, 15) is 0 Å². The van der Waals surface area contributed by atoms with Crippen LogP contribution in [0.2, 0.25) is 0 Å². The summed E-state index contributed by atoms with van der Waals surface area (Å²) in [5, 5.41) is 5.24. The standard InChI is InChI=1S/C12H15N3S/c1-8-4-5-10(9(2)6-8)11-7-16-12(13-3)15-14-11/h4-6H,7H2,1-3H3,(H,13,15). The van der Waals surface area contributed by atoms with Crippen LogP contribution in [0.5, 0.6) is 0 Å². The smallest absolute Gasteiger partial charge is 0.177 e. The largest absolute Gasteiger partial charge is 0.265 e. The molecule has 0 spiro atoms. The second kappa shape index (κ2) is 4.70. The summed E-state index contributed by atoms with van der Waals surface area (Å²) in [5.41, 5.74) is 7.84. The molecule has 0 atom stereocenters. The number of rotatable bonds is 1. The molecule has 0 amide bonds. The van der Waals surface area contributed by atoms with Crippen LogP contribution in [0.4, 0.5) is 0 Å². The van der Waals surface area contributed by atoms with Gasteiger partial charge in [-0.1, -0.05) is 35.5 Å². The van der Waals surface area contributed by atoms with Crippen LogP contribution < -0.4 is 5.43 Å². The Balaban J connectivity index is 2.29. The first-order valence-corrected chi connectivity index (χ1v) is 6.19. The minimum Gasteiger partial charge on any atom is -0.265 e. The number of nitrogens with zero attached hydrogens (tertiary/aromatic N) is 2. The lowest BCUT2D eigenvalue weighted by Crippen LogP contribution is -2.25. The van der Waals surface area contributed by atoms with Crippen molar-refractivity contribution in [2.45, 2.75) is 13.8 Å². The Kier molecular flexibility index (Phi) is 3.29. The highest BCUT2D eigenvalue weighted by atomic mass is 32.2. The summed E-state index contributed by atoms with van der Waals surface area (Å²) in [4.78, 5) is 4.07. The fourth-order valence-corrected chi connectivity index (χ4v) is 2.44. The Morgan fingerprint density at radius 1 is 1.38 bits per heavy atom. The normalized spacial score (nSPS) is 18.2. The summed E-state index contributed by atoms with van der Waals surface area (Å²) in [6, 6.07) is 6.45. The van der Waals surface area contributed by atoms with Crippen LogP contribution in [0.3, 0.4) is 0 Å². The predicted molar refractivity (Wildman–Crippen MR) is 71.4 cm³/mol. The average Bonchev–Trinajstić information content (AvgIpc) is 2.29. The van der Waals surface area contributed by atoms with Crippen molar-refractivity contribution in [2.75, 3.05) is 12.8 Å². The third kappa shape index (κ3) is 2.27. The van der Waals surface area contributed by atoms with Gasteiger partial charge in [-0.05, 0) is 19.4 Å². The number of thioether (sulfide) groups is 1. The van der Waals surface area contributed by atoms with E-state index in [1.165, 1.54) is 16.7 Å². The van der Waals surface area contributed by atoms with Crippen molar-refractivity contribution in [3.05, 3.63) is 34.9 Å². The van der Waals surface area contributed by atoms with Crippen molar-refractivity contribution < 1.29 is 0 Å². The highest BCUT2D eigenvalue weighted by Crippen LogP contribution is 2.17. The zero-order valence-electron chi connectivity index (χ0n) is 9.74. The SMILES string of the molecule is CN=C1NN=C(c2ccc(C)cc2C)CS1. The minimum absolute atomic E-state index is 0.879. The van der Waals surface area contributed by atoms with Crippen LogP contribution in [-0.2, 0) is 0 Å². The molecule has 1 heterocycles. The second-order valence-electron chi connectivity index (χ2n) is 3.81. The van der Waals surface area contributed by atoms with Crippen molar-refractivity contribution in [2.24, 2.45) is 10.1 Å². The summed E-state index contributed by atoms with van der Waals surface area (Å²) in [7, 11) is 1.77. The quantitative estimate of drug-likeness (QED) is 0.808. The van der Waals surface area contributed by atoms with Gasteiger partial charge in [-0.3, -0.25) is 10.4 Å². The zero-order valence-corrected chi connectivity index (χ0v) is 10.6. The van der Waals surface area contributed by atoms with E-state index in [4.69, 9.17) is 0 Å². The maximum absolute atomic E-state index is 4.36. The molecule has 1 N–H and O–H groups in total. The topological polar surface area (TPSA) is 36.8 Å². The molecule has 1 aliphatic heterocycles. The average molecular weight is 233 g/mol. The Morgan fingerprint density at radius 3 is 2.75 bits per heavy atom. The number of aryl methyl sites for hydroxylation is 2. The Morgan fingerprint density at radius 2 is 2.19 bits per heavy atom. The van der Waals surface area contributed by atoms with E-state index in [1.807, 2.05) is 0 Å². The summed E-state index contributed by atoms with van der Waals surface area (Å²) < 4.78 is 0. The van der Waals surface area contributed by atoms with Crippen LogP contribution in [-0.4, -0.2) is 23.7 Å².